The van der Waals surface area contributed by atoms with Crippen LogP contribution in [0.4, 0.5) is 0 Å². The molecule has 0 aromatic heterocycles. The van der Waals surface area contributed by atoms with Crippen molar-refractivity contribution < 1.29 is 30.0 Å². The zero-order valence-electron chi connectivity index (χ0n) is 17.8. The third-order valence-electron chi connectivity index (χ3n) is 8.02. The molecule has 0 spiro atoms. The van der Waals surface area contributed by atoms with Crippen LogP contribution >= 0.6 is 0 Å². The average Bonchev–Trinajstić information content (AvgIpc) is 2.58. The lowest BCUT2D eigenvalue weighted by molar-refractivity contribution is -0.325. The van der Waals surface area contributed by atoms with Crippen molar-refractivity contribution in [2.24, 2.45) is 28.6 Å². The van der Waals surface area contributed by atoms with Gasteiger partial charge in [-0.25, -0.2) is 0 Å². The summed E-state index contributed by atoms with van der Waals surface area (Å²) in [4.78, 5) is 13.1. The number of allylic oxidation sites excluding steroid dienone is 1. The standard InChI is InChI=1S/C22H36O6/c1-11-9-20(4,5)14(7-15(11)24)12(2)18-21(6,19(26)13(3)23)16(25)8-17-22(18,27)10-28-17/h9,12-18,23-25,27H,7-8,10H2,1-6H3. The molecule has 0 bridgehead atoms. The average molecular weight is 397 g/mol. The minimum atomic E-state index is -1.29. The zero-order valence-corrected chi connectivity index (χ0v) is 17.8. The first-order valence-electron chi connectivity index (χ1n) is 10.4. The molecule has 9 atom stereocenters. The van der Waals surface area contributed by atoms with E-state index < -0.39 is 47.1 Å². The quantitative estimate of drug-likeness (QED) is 0.536. The lowest BCUT2D eigenvalue weighted by Gasteiger charge is -2.63. The number of carbonyl (C=O) groups is 1. The summed E-state index contributed by atoms with van der Waals surface area (Å²) in [5.41, 5.74) is -1.82. The SMILES string of the molecule is CC1=CC(C)(C)C(C(C)C2C3(O)COC3CC(O)C2(C)C(=O)C(C)O)CC1O. The number of ketones is 1. The molecule has 4 N–H and O–H groups in total. The van der Waals surface area contributed by atoms with Crippen LogP contribution in [0, 0.1) is 28.6 Å². The van der Waals surface area contributed by atoms with E-state index in [1.54, 1.807) is 6.92 Å². The van der Waals surface area contributed by atoms with E-state index >= 15 is 0 Å². The van der Waals surface area contributed by atoms with Gasteiger partial charge < -0.3 is 25.2 Å². The van der Waals surface area contributed by atoms with Crippen LogP contribution in [0.15, 0.2) is 11.6 Å². The molecule has 1 heterocycles. The van der Waals surface area contributed by atoms with Gasteiger partial charge in [0.15, 0.2) is 5.78 Å². The van der Waals surface area contributed by atoms with Crippen molar-refractivity contribution in [1.29, 1.82) is 0 Å². The van der Waals surface area contributed by atoms with E-state index in [1.807, 2.05) is 13.8 Å². The topological polar surface area (TPSA) is 107 Å². The molecule has 1 saturated carbocycles. The molecule has 6 heteroatoms. The second-order valence-corrected chi connectivity index (χ2v) is 10.3. The van der Waals surface area contributed by atoms with Crippen LogP contribution in [0.2, 0.25) is 0 Å². The lowest BCUT2D eigenvalue weighted by atomic mass is 9.47. The maximum absolute atomic E-state index is 13.1. The first-order valence-corrected chi connectivity index (χ1v) is 10.4. The number of hydrogen-bond donors (Lipinski definition) is 4. The van der Waals surface area contributed by atoms with E-state index in [0.717, 1.165) is 5.57 Å². The molecule has 3 aliphatic rings. The van der Waals surface area contributed by atoms with Crippen LogP contribution in [0.25, 0.3) is 0 Å². The van der Waals surface area contributed by atoms with Gasteiger partial charge >= 0.3 is 0 Å². The number of aliphatic hydroxyl groups is 4. The summed E-state index contributed by atoms with van der Waals surface area (Å²) in [5.74, 6) is -1.23. The number of carbonyl (C=O) groups excluding carboxylic acids is 1. The van der Waals surface area contributed by atoms with Gasteiger partial charge in [0.2, 0.25) is 0 Å². The van der Waals surface area contributed by atoms with Crippen LogP contribution < -0.4 is 0 Å². The number of fused-ring (bicyclic) bond motifs is 1. The lowest BCUT2D eigenvalue weighted by Crippen LogP contribution is -2.75. The minimum absolute atomic E-state index is 0.00658. The van der Waals surface area contributed by atoms with Crippen molar-refractivity contribution in [2.75, 3.05) is 6.61 Å². The largest absolute Gasteiger partial charge is 0.392 e. The Morgan fingerprint density at radius 3 is 2.32 bits per heavy atom. The fourth-order valence-electron chi connectivity index (χ4n) is 6.52. The number of Topliss-reactive ketones (excluding diaryl/α,β-unsaturated/α-hetero) is 1. The highest BCUT2D eigenvalue weighted by atomic mass is 16.6. The molecule has 28 heavy (non-hydrogen) atoms. The maximum atomic E-state index is 13.1. The predicted octanol–water partition coefficient (Wildman–Crippen LogP) is 1.44. The Morgan fingerprint density at radius 1 is 1.21 bits per heavy atom. The summed E-state index contributed by atoms with van der Waals surface area (Å²) in [5, 5.41) is 43.0. The van der Waals surface area contributed by atoms with E-state index in [9.17, 15) is 25.2 Å². The molecule has 0 radical (unpaired) electrons. The minimum Gasteiger partial charge on any atom is -0.392 e. The molecule has 3 rings (SSSR count). The number of hydrogen-bond acceptors (Lipinski definition) is 6. The Morgan fingerprint density at radius 2 is 1.82 bits per heavy atom. The van der Waals surface area contributed by atoms with Crippen molar-refractivity contribution in [3.8, 4) is 0 Å². The van der Waals surface area contributed by atoms with Crippen molar-refractivity contribution in [3.05, 3.63) is 11.6 Å². The first-order chi connectivity index (χ1) is 12.8. The summed E-state index contributed by atoms with van der Waals surface area (Å²) in [6, 6.07) is 0. The molecule has 0 aromatic rings. The third-order valence-corrected chi connectivity index (χ3v) is 8.02. The highest BCUT2D eigenvalue weighted by molar-refractivity contribution is 5.89. The van der Waals surface area contributed by atoms with E-state index in [-0.39, 0.29) is 30.3 Å². The monoisotopic (exact) mass is 396 g/mol. The second kappa shape index (κ2) is 6.88. The smallest absolute Gasteiger partial charge is 0.169 e. The van der Waals surface area contributed by atoms with Gasteiger partial charge in [0, 0.05) is 12.3 Å². The molecule has 2 fully saturated rings. The van der Waals surface area contributed by atoms with Gasteiger partial charge in [-0.1, -0.05) is 26.8 Å². The van der Waals surface area contributed by atoms with Gasteiger partial charge in [-0.15, -0.1) is 0 Å². The fourth-order valence-corrected chi connectivity index (χ4v) is 6.52. The van der Waals surface area contributed by atoms with Crippen molar-refractivity contribution in [1.82, 2.24) is 0 Å². The van der Waals surface area contributed by atoms with Crippen molar-refractivity contribution in [2.45, 2.75) is 84.4 Å². The van der Waals surface area contributed by atoms with Gasteiger partial charge in [0.25, 0.3) is 0 Å². The normalized spacial score (nSPS) is 47.4. The molecule has 6 nitrogen and oxygen atoms in total. The third kappa shape index (κ3) is 3.00. The molecule has 0 amide bonds. The summed E-state index contributed by atoms with van der Waals surface area (Å²) in [6.45, 7) is 11.3. The number of aliphatic hydroxyl groups excluding tert-OH is 3. The maximum Gasteiger partial charge on any atom is 0.169 e. The molecular formula is C22H36O6. The van der Waals surface area contributed by atoms with Crippen molar-refractivity contribution in [3.63, 3.8) is 0 Å². The van der Waals surface area contributed by atoms with Gasteiger partial charge in [-0.3, -0.25) is 4.79 Å². The highest BCUT2D eigenvalue weighted by Crippen LogP contribution is 2.59. The van der Waals surface area contributed by atoms with Crippen LogP contribution in [-0.2, 0) is 9.53 Å². The molecule has 2 aliphatic carbocycles. The van der Waals surface area contributed by atoms with Crippen LogP contribution in [0.5, 0.6) is 0 Å². The van der Waals surface area contributed by atoms with E-state index in [4.69, 9.17) is 4.74 Å². The summed E-state index contributed by atoms with van der Waals surface area (Å²) < 4.78 is 5.55. The summed E-state index contributed by atoms with van der Waals surface area (Å²) in [7, 11) is 0. The molecule has 1 saturated heterocycles. The van der Waals surface area contributed by atoms with E-state index in [0.29, 0.717) is 6.42 Å². The highest BCUT2D eigenvalue weighted by Gasteiger charge is 2.69. The van der Waals surface area contributed by atoms with Gasteiger partial charge in [0.1, 0.15) is 11.7 Å². The van der Waals surface area contributed by atoms with Gasteiger partial charge in [-0.05, 0) is 50.0 Å². The zero-order chi connectivity index (χ0) is 21.2. The second-order valence-electron chi connectivity index (χ2n) is 10.3. The Balaban J connectivity index is 2.07. The molecule has 160 valence electrons. The first kappa shape index (κ1) is 21.9. The van der Waals surface area contributed by atoms with Crippen LogP contribution in [-0.4, -0.2) is 62.8 Å². The predicted molar refractivity (Wildman–Crippen MR) is 104 cm³/mol. The summed E-state index contributed by atoms with van der Waals surface area (Å²) >= 11 is 0. The number of ether oxygens (including phenoxy) is 1. The molecule has 0 aromatic carbocycles. The molecule has 1 aliphatic heterocycles. The molecular weight excluding hydrogens is 360 g/mol. The van der Waals surface area contributed by atoms with Crippen LogP contribution in [0.1, 0.15) is 54.4 Å². The van der Waals surface area contributed by atoms with Crippen LogP contribution in [0.3, 0.4) is 0 Å². The Bertz CT molecular complexity index is 670. The molecule has 9 unspecified atom stereocenters. The van der Waals surface area contributed by atoms with Gasteiger partial charge in [0.05, 0.1) is 30.3 Å². The Kier molecular flexibility index (Phi) is 5.38. The summed E-state index contributed by atoms with van der Waals surface area (Å²) in [6.07, 6.45) is -0.541. The van der Waals surface area contributed by atoms with Gasteiger partial charge in [-0.2, -0.15) is 0 Å². The fraction of sp³-hybridized carbons (Fsp3) is 0.864. The van der Waals surface area contributed by atoms with Crippen molar-refractivity contribution >= 4 is 5.78 Å². The van der Waals surface area contributed by atoms with E-state index in [2.05, 4.69) is 19.9 Å². The Hall–Kier alpha value is -0.790. The Labute approximate surface area is 167 Å². The van der Waals surface area contributed by atoms with E-state index in [1.165, 1.54) is 6.92 Å². The number of rotatable bonds is 4.